The van der Waals surface area contributed by atoms with E-state index in [2.05, 4.69) is 10.6 Å². The number of halogens is 1. The summed E-state index contributed by atoms with van der Waals surface area (Å²) in [5, 5.41) is 6.30. The first kappa shape index (κ1) is 44.6. The number of amides is 4. The molecule has 4 fully saturated rings. The third-order valence-electron chi connectivity index (χ3n) is 11.9. The first-order valence-electron chi connectivity index (χ1n) is 20.5. The van der Waals surface area contributed by atoms with E-state index in [1.807, 2.05) is 36.4 Å². The van der Waals surface area contributed by atoms with Gasteiger partial charge in [-0.2, -0.15) is 0 Å². The summed E-state index contributed by atoms with van der Waals surface area (Å²) in [7, 11) is 4.23. The quantitative estimate of drug-likeness (QED) is 0.242. The van der Waals surface area contributed by atoms with Crippen LogP contribution in [0.5, 0.6) is 5.75 Å². The smallest absolute Gasteiger partial charge is 0.328 e. The van der Waals surface area contributed by atoms with Crippen molar-refractivity contribution in [1.82, 2.24) is 20.4 Å². The molecule has 16 heteroatoms. The van der Waals surface area contributed by atoms with Gasteiger partial charge in [0.25, 0.3) is 0 Å². The van der Waals surface area contributed by atoms with Gasteiger partial charge in [0.2, 0.25) is 23.6 Å². The normalized spacial score (nSPS) is 25.6. The van der Waals surface area contributed by atoms with Crippen molar-refractivity contribution in [2.75, 3.05) is 32.8 Å². The number of nitrogens with one attached hydrogen (secondary N) is 2. The van der Waals surface area contributed by atoms with Crippen molar-refractivity contribution in [3.63, 3.8) is 0 Å². The van der Waals surface area contributed by atoms with E-state index < -0.39 is 47.9 Å². The Labute approximate surface area is 359 Å². The van der Waals surface area contributed by atoms with Gasteiger partial charge >= 0.3 is 11.9 Å². The fourth-order valence-corrected chi connectivity index (χ4v) is 11.7. The number of carbonyl (C=O) groups excluding carboxylic acids is 6. The predicted octanol–water partition coefficient (Wildman–Crippen LogP) is 5.15. The summed E-state index contributed by atoms with van der Waals surface area (Å²) in [5.41, 5.74) is 1.71. The van der Waals surface area contributed by atoms with Crippen molar-refractivity contribution in [2.24, 2.45) is 11.8 Å². The highest BCUT2D eigenvalue weighted by atomic mass is 35.5. The van der Waals surface area contributed by atoms with Crippen LogP contribution in [0.15, 0.2) is 48.5 Å². The minimum atomic E-state index is -0.836. The molecule has 2 aromatic carbocycles. The number of piperidine rings is 2. The maximum Gasteiger partial charge on any atom is 0.328 e. The Kier molecular flexibility index (Phi) is 15.9. The van der Waals surface area contributed by atoms with E-state index in [1.54, 1.807) is 52.6 Å². The highest BCUT2D eigenvalue weighted by Crippen LogP contribution is 2.37. The van der Waals surface area contributed by atoms with E-state index in [9.17, 15) is 28.8 Å². The molecule has 4 aliphatic heterocycles. The van der Waals surface area contributed by atoms with Crippen LogP contribution in [0, 0.1) is 11.8 Å². The molecule has 59 heavy (non-hydrogen) atoms. The fourth-order valence-electron chi connectivity index (χ4n) is 8.73. The first-order chi connectivity index (χ1) is 28.5. The summed E-state index contributed by atoms with van der Waals surface area (Å²) in [5.74, 6) is -1.51. The molecule has 0 saturated carbocycles. The van der Waals surface area contributed by atoms with E-state index in [4.69, 9.17) is 25.8 Å². The van der Waals surface area contributed by atoms with Crippen molar-refractivity contribution in [3.8, 4) is 5.75 Å². The minimum absolute atomic E-state index is 0.172. The molecule has 0 aliphatic carbocycles. The molecule has 0 radical (unpaired) electrons. The van der Waals surface area contributed by atoms with Crippen molar-refractivity contribution in [3.05, 3.63) is 64.7 Å². The van der Waals surface area contributed by atoms with Gasteiger partial charge in [0, 0.05) is 16.9 Å². The summed E-state index contributed by atoms with van der Waals surface area (Å²) >= 11 is 9.62. The van der Waals surface area contributed by atoms with Gasteiger partial charge in [-0.15, -0.1) is 23.5 Å². The van der Waals surface area contributed by atoms with Gasteiger partial charge in [-0.05, 0) is 124 Å². The zero-order valence-electron chi connectivity index (χ0n) is 33.9. The lowest BCUT2D eigenvalue weighted by Crippen LogP contribution is -2.58. The Morgan fingerprint density at radius 1 is 0.695 bits per heavy atom. The van der Waals surface area contributed by atoms with Crippen LogP contribution in [0.4, 0.5) is 0 Å². The van der Waals surface area contributed by atoms with Crippen molar-refractivity contribution < 1.29 is 43.0 Å². The molecule has 2 N–H and O–H groups in total. The molecule has 8 atom stereocenters. The number of esters is 2. The number of hydrogen-bond donors (Lipinski definition) is 2. The number of methoxy groups -OCH3 is 3. The molecule has 2 aromatic rings. The van der Waals surface area contributed by atoms with Crippen molar-refractivity contribution in [1.29, 1.82) is 0 Å². The molecule has 4 saturated heterocycles. The number of thioether (sulfide) groups is 2. The second-order valence-corrected chi connectivity index (χ2v) is 18.6. The van der Waals surface area contributed by atoms with Crippen LogP contribution in [0.3, 0.4) is 0 Å². The largest absolute Gasteiger partial charge is 0.497 e. The summed E-state index contributed by atoms with van der Waals surface area (Å²) in [4.78, 5) is 86.0. The Morgan fingerprint density at radius 2 is 1.19 bits per heavy atom. The van der Waals surface area contributed by atoms with Crippen LogP contribution < -0.4 is 15.4 Å². The number of carbonyl (C=O) groups is 6. The molecule has 4 amide bonds. The zero-order chi connectivity index (χ0) is 42.1. The average molecular weight is 872 g/mol. The standard InChI is InChI=1S/C43H55ClN4O9S2/c1-55-31-17-13-26(14-18-31)23-28(38(49)45-32-19-21-58-36-11-5-9-34(42(53)56-2)47(36)40(32)51)15-16-29(24-27-7-4-8-30(44)25-27)39(50)46-33-20-22-59-37-12-6-10-35(43(54)57-3)48(37)41(33)52/h4,7-8,13-14,17-18,25,28-29,32-37H,5-6,9-12,15-16,19-24H2,1-3H3,(H,45,49)(H,46,50)/t28-,29-,32+,33+,34+,35+,36+,37+/m1/s1. The van der Waals surface area contributed by atoms with Gasteiger partial charge in [-0.25, -0.2) is 9.59 Å². The molecule has 0 unspecified atom stereocenters. The van der Waals surface area contributed by atoms with Crippen LogP contribution in [0.1, 0.15) is 75.3 Å². The van der Waals surface area contributed by atoms with E-state index in [0.29, 0.717) is 60.8 Å². The lowest BCUT2D eigenvalue weighted by atomic mass is 9.86. The molecule has 13 nitrogen and oxygen atoms in total. The minimum Gasteiger partial charge on any atom is -0.497 e. The van der Waals surface area contributed by atoms with Crippen molar-refractivity contribution >= 4 is 70.7 Å². The van der Waals surface area contributed by atoms with Crippen molar-refractivity contribution in [2.45, 2.75) is 112 Å². The Hall–Kier alpha value is -3.95. The molecular weight excluding hydrogens is 816 g/mol. The maximum atomic E-state index is 14.4. The SMILES string of the molecule is COC(=O)[C@@H]1CCC[C@@H]2SCC[C@H](NC(=O)[C@H](CC[C@H](Cc3cccc(Cl)c3)C(=O)N[C@H]3CCS[C@H]4CCC[C@@H](C(=O)OC)N4C3=O)Cc3ccc(OC)cc3)C(=O)N21. The highest BCUT2D eigenvalue weighted by molar-refractivity contribution is 8.00. The van der Waals surface area contributed by atoms with E-state index in [-0.39, 0.29) is 47.2 Å². The van der Waals surface area contributed by atoms with Crippen LogP contribution in [0.2, 0.25) is 5.02 Å². The number of rotatable bonds is 14. The summed E-state index contributed by atoms with van der Waals surface area (Å²) in [6, 6.07) is 11.7. The lowest BCUT2D eigenvalue weighted by Gasteiger charge is -2.40. The number of ether oxygens (including phenoxy) is 3. The van der Waals surface area contributed by atoms with Gasteiger partial charge in [0.15, 0.2) is 0 Å². The fraction of sp³-hybridized carbons (Fsp3) is 0.581. The summed E-state index contributed by atoms with van der Waals surface area (Å²) in [6.45, 7) is 0. The van der Waals surface area contributed by atoms with Gasteiger partial charge in [-0.1, -0.05) is 35.9 Å². The number of fused-ring (bicyclic) bond motifs is 2. The van der Waals surface area contributed by atoms with Crippen LogP contribution in [-0.2, 0) is 51.1 Å². The van der Waals surface area contributed by atoms with Gasteiger partial charge < -0.3 is 34.6 Å². The Morgan fingerprint density at radius 3 is 1.64 bits per heavy atom. The predicted molar refractivity (Wildman–Crippen MR) is 227 cm³/mol. The summed E-state index contributed by atoms with van der Waals surface area (Å²) < 4.78 is 15.5. The Balaban J connectivity index is 1.23. The topological polar surface area (TPSA) is 161 Å². The molecule has 4 heterocycles. The van der Waals surface area contributed by atoms with Crippen LogP contribution >= 0.6 is 35.1 Å². The Bertz CT molecular complexity index is 1840. The zero-order valence-corrected chi connectivity index (χ0v) is 36.3. The number of hydrogen-bond acceptors (Lipinski definition) is 11. The molecule has 0 bridgehead atoms. The summed E-state index contributed by atoms with van der Waals surface area (Å²) in [6.07, 6.45) is 6.15. The van der Waals surface area contributed by atoms with Gasteiger partial charge in [0.05, 0.1) is 32.1 Å². The molecule has 320 valence electrons. The molecule has 0 aromatic heterocycles. The number of benzene rings is 2. The lowest BCUT2D eigenvalue weighted by molar-refractivity contribution is -0.156. The molecule has 6 rings (SSSR count). The van der Waals surface area contributed by atoms with Gasteiger partial charge in [0.1, 0.15) is 29.9 Å². The van der Waals surface area contributed by atoms with E-state index >= 15 is 0 Å². The first-order valence-corrected chi connectivity index (χ1v) is 23.0. The van der Waals surface area contributed by atoms with Gasteiger partial charge in [-0.3, -0.25) is 19.2 Å². The molecule has 4 aliphatic rings. The van der Waals surface area contributed by atoms with E-state index in [0.717, 1.165) is 36.8 Å². The third kappa shape index (κ3) is 11.1. The monoisotopic (exact) mass is 870 g/mol. The van der Waals surface area contributed by atoms with E-state index in [1.165, 1.54) is 14.2 Å². The molecule has 0 spiro atoms. The average Bonchev–Trinajstić information content (AvgIpc) is 3.51. The highest BCUT2D eigenvalue weighted by Gasteiger charge is 2.45. The number of nitrogens with zero attached hydrogens (tertiary/aromatic N) is 2. The van der Waals surface area contributed by atoms with Crippen LogP contribution in [0.25, 0.3) is 0 Å². The van der Waals surface area contributed by atoms with Crippen LogP contribution in [-0.4, -0.2) is 113 Å². The second kappa shape index (κ2) is 21.0. The third-order valence-corrected chi connectivity index (χ3v) is 14.8. The maximum absolute atomic E-state index is 14.4. The second-order valence-electron chi connectivity index (χ2n) is 15.6. The molecular formula is C43H55ClN4O9S2.